The lowest BCUT2D eigenvalue weighted by Gasteiger charge is -2.13. The zero-order valence-corrected chi connectivity index (χ0v) is 13.3. The van der Waals surface area contributed by atoms with Gasteiger partial charge < -0.3 is 5.32 Å². The quantitative estimate of drug-likeness (QED) is 0.816. The van der Waals surface area contributed by atoms with Crippen LogP contribution in [0.4, 0.5) is 0 Å². The molecule has 2 aromatic carbocycles. The Balaban J connectivity index is 1.79. The molecule has 0 saturated heterocycles. The summed E-state index contributed by atoms with van der Waals surface area (Å²) < 4.78 is 0. The van der Waals surface area contributed by atoms with Crippen LogP contribution in [0.15, 0.2) is 59.5 Å². The Morgan fingerprint density at radius 3 is 2.48 bits per heavy atom. The maximum absolute atomic E-state index is 12.1. The maximum Gasteiger partial charge on any atom is 0.223 e. The molecular weight excluding hydrogens is 278 g/mol. The molecule has 1 amide bonds. The largest absolute Gasteiger partial charge is 0.352 e. The van der Waals surface area contributed by atoms with Crippen LogP contribution in [0.3, 0.4) is 0 Å². The van der Waals surface area contributed by atoms with Crippen molar-refractivity contribution >= 4 is 17.7 Å². The predicted octanol–water partition coefficient (Wildman–Crippen LogP) is 4.04. The summed E-state index contributed by atoms with van der Waals surface area (Å²) >= 11 is 1.72. The average Bonchev–Trinajstić information content (AvgIpc) is 2.52. The molecule has 2 aromatic rings. The van der Waals surface area contributed by atoms with Gasteiger partial charge in [0.05, 0.1) is 0 Å². The molecule has 0 aromatic heterocycles. The highest BCUT2D eigenvalue weighted by Gasteiger charge is 2.13. The van der Waals surface area contributed by atoms with Crippen LogP contribution in [0.25, 0.3) is 0 Å². The van der Waals surface area contributed by atoms with Gasteiger partial charge in [0.25, 0.3) is 0 Å². The molecule has 0 bridgehead atoms. The van der Waals surface area contributed by atoms with Gasteiger partial charge in [0, 0.05) is 23.1 Å². The zero-order valence-electron chi connectivity index (χ0n) is 12.5. The number of nitrogens with one attached hydrogen (secondary N) is 1. The predicted molar refractivity (Wildman–Crippen MR) is 89.4 cm³/mol. The lowest BCUT2D eigenvalue weighted by atomic mass is 10.1. The molecular formula is C18H21NOS. The van der Waals surface area contributed by atoms with Gasteiger partial charge in [-0.2, -0.15) is 0 Å². The van der Waals surface area contributed by atoms with Crippen LogP contribution >= 0.6 is 11.8 Å². The third-order valence-corrected chi connectivity index (χ3v) is 4.68. The number of hydrogen-bond acceptors (Lipinski definition) is 2. The second-order valence-corrected chi connectivity index (χ2v) is 6.26. The first kappa shape index (κ1) is 15.6. The molecule has 2 rings (SSSR count). The minimum atomic E-state index is -0.000718. The van der Waals surface area contributed by atoms with Crippen LogP contribution in [0, 0.1) is 12.8 Å². The fraction of sp³-hybridized carbons (Fsp3) is 0.278. The molecule has 110 valence electrons. The summed E-state index contributed by atoms with van der Waals surface area (Å²) in [6.45, 7) is 4.64. The van der Waals surface area contributed by atoms with Crippen molar-refractivity contribution in [1.29, 1.82) is 0 Å². The van der Waals surface area contributed by atoms with E-state index in [-0.39, 0.29) is 11.8 Å². The van der Waals surface area contributed by atoms with Gasteiger partial charge in [0.2, 0.25) is 5.91 Å². The van der Waals surface area contributed by atoms with E-state index < -0.39 is 0 Å². The second-order valence-electron chi connectivity index (χ2n) is 5.17. The number of amides is 1. The summed E-state index contributed by atoms with van der Waals surface area (Å²) in [5.41, 5.74) is 2.39. The summed E-state index contributed by atoms with van der Waals surface area (Å²) in [5, 5.41) is 3.02. The minimum absolute atomic E-state index is 0.000718. The molecule has 0 aliphatic rings. The van der Waals surface area contributed by atoms with Gasteiger partial charge in [0.15, 0.2) is 0 Å². The Hall–Kier alpha value is -1.74. The van der Waals surface area contributed by atoms with Crippen LogP contribution in [0.1, 0.15) is 18.1 Å². The van der Waals surface area contributed by atoms with Gasteiger partial charge in [-0.3, -0.25) is 4.79 Å². The second kappa shape index (κ2) is 7.89. The van der Waals surface area contributed by atoms with Crippen LogP contribution in [0.5, 0.6) is 0 Å². The molecule has 0 spiro atoms. The Morgan fingerprint density at radius 1 is 1.10 bits per heavy atom. The number of carbonyl (C=O) groups is 1. The van der Waals surface area contributed by atoms with Crippen LogP contribution < -0.4 is 5.32 Å². The summed E-state index contributed by atoms with van der Waals surface area (Å²) in [7, 11) is 0. The number of benzene rings is 2. The molecule has 1 atom stereocenters. The molecule has 0 aliphatic heterocycles. The fourth-order valence-corrected chi connectivity index (χ4v) is 2.92. The number of thioether (sulfide) groups is 1. The zero-order chi connectivity index (χ0) is 15.1. The monoisotopic (exact) mass is 299 g/mol. The fourth-order valence-electron chi connectivity index (χ4n) is 1.98. The van der Waals surface area contributed by atoms with E-state index in [0.717, 1.165) is 5.75 Å². The van der Waals surface area contributed by atoms with Crippen molar-refractivity contribution in [3.05, 3.63) is 65.7 Å². The molecule has 3 heteroatoms. The number of aryl methyl sites for hydroxylation is 1. The standard InChI is InChI=1S/C18H21NOS/c1-14-8-6-7-9-16(14)12-19-18(20)15(2)13-21-17-10-4-3-5-11-17/h3-11,15H,12-13H2,1-2H3,(H,19,20). The highest BCUT2D eigenvalue weighted by Crippen LogP contribution is 2.20. The summed E-state index contributed by atoms with van der Waals surface area (Å²) in [6, 6.07) is 18.3. The van der Waals surface area contributed by atoms with Gasteiger partial charge in [-0.05, 0) is 30.2 Å². The van der Waals surface area contributed by atoms with Crippen molar-refractivity contribution in [3.8, 4) is 0 Å². The highest BCUT2D eigenvalue weighted by atomic mass is 32.2. The Kier molecular flexibility index (Phi) is 5.88. The lowest BCUT2D eigenvalue weighted by molar-refractivity contribution is -0.124. The van der Waals surface area contributed by atoms with Crippen molar-refractivity contribution in [2.24, 2.45) is 5.92 Å². The van der Waals surface area contributed by atoms with Crippen LogP contribution in [0.2, 0.25) is 0 Å². The summed E-state index contributed by atoms with van der Waals surface area (Å²) in [6.07, 6.45) is 0. The molecule has 0 heterocycles. The van der Waals surface area contributed by atoms with Gasteiger partial charge in [-0.1, -0.05) is 49.4 Å². The Bertz CT molecular complexity index is 583. The number of rotatable bonds is 6. The molecule has 0 aliphatic carbocycles. The molecule has 2 nitrogen and oxygen atoms in total. The van der Waals surface area contributed by atoms with E-state index in [1.165, 1.54) is 16.0 Å². The minimum Gasteiger partial charge on any atom is -0.352 e. The molecule has 1 N–H and O–H groups in total. The SMILES string of the molecule is Cc1ccccc1CNC(=O)C(C)CSc1ccccc1. The number of hydrogen-bond donors (Lipinski definition) is 1. The van der Waals surface area contributed by atoms with Gasteiger partial charge in [0.1, 0.15) is 0 Å². The van der Waals surface area contributed by atoms with Gasteiger partial charge in [-0.25, -0.2) is 0 Å². The summed E-state index contributed by atoms with van der Waals surface area (Å²) in [5.74, 6) is 0.907. The van der Waals surface area contributed by atoms with Gasteiger partial charge in [-0.15, -0.1) is 11.8 Å². The van der Waals surface area contributed by atoms with E-state index in [1.807, 2.05) is 37.3 Å². The molecule has 0 fully saturated rings. The number of carbonyl (C=O) groups excluding carboxylic acids is 1. The van der Waals surface area contributed by atoms with Crippen LogP contribution in [-0.2, 0) is 11.3 Å². The van der Waals surface area contributed by atoms with E-state index in [9.17, 15) is 4.79 Å². The van der Waals surface area contributed by atoms with Crippen molar-refractivity contribution in [3.63, 3.8) is 0 Å². The smallest absolute Gasteiger partial charge is 0.223 e. The first-order valence-electron chi connectivity index (χ1n) is 7.17. The third-order valence-electron chi connectivity index (χ3n) is 3.41. The normalized spacial score (nSPS) is 11.9. The van der Waals surface area contributed by atoms with Crippen molar-refractivity contribution in [2.75, 3.05) is 5.75 Å². The first-order valence-corrected chi connectivity index (χ1v) is 8.15. The van der Waals surface area contributed by atoms with Crippen molar-refractivity contribution in [1.82, 2.24) is 5.32 Å². The molecule has 21 heavy (non-hydrogen) atoms. The van der Waals surface area contributed by atoms with E-state index in [1.54, 1.807) is 11.8 Å². The average molecular weight is 299 g/mol. The first-order chi connectivity index (χ1) is 10.2. The third kappa shape index (κ3) is 4.94. The van der Waals surface area contributed by atoms with E-state index >= 15 is 0 Å². The Labute approximate surface area is 131 Å². The van der Waals surface area contributed by atoms with Crippen LogP contribution in [-0.4, -0.2) is 11.7 Å². The molecule has 0 radical (unpaired) electrons. The summed E-state index contributed by atoms with van der Waals surface area (Å²) in [4.78, 5) is 13.3. The van der Waals surface area contributed by atoms with E-state index in [4.69, 9.17) is 0 Å². The molecule has 0 saturated carbocycles. The van der Waals surface area contributed by atoms with E-state index in [2.05, 4.69) is 36.5 Å². The molecule has 1 unspecified atom stereocenters. The highest BCUT2D eigenvalue weighted by molar-refractivity contribution is 7.99. The van der Waals surface area contributed by atoms with Gasteiger partial charge >= 0.3 is 0 Å². The van der Waals surface area contributed by atoms with Crippen molar-refractivity contribution in [2.45, 2.75) is 25.3 Å². The maximum atomic E-state index is 12.1. The van der Waals surface area contributed by atoms with E-state index in [0.29, 0.717) is 6.54 Å². The van der Waals surface area contributed by atoms with Crippen molar-refractivity contribution < 1.29 is 4.79 Å². The lowest BCUT2D eigenvalue weighted by Crippen LogP contribution is -2.30. The Morgan fingerprint density at radius 2 is 1.76 bits per heavy atom. The topological polar surface area (TPSA) is 29.1 Å².